The molecule has 0 saturated heterocycles. The van der Waals surface area contributed by atoms with Gasteiger partial charge in [0.2, 0.25) is 0 Å². The van der Waals surface area contributed by atoms with Crippen molar-refractivity contribution in [1.29, 1.82) is 0 Å². The lowest BCUT2D eigenvalue weighted by Crippen LogP contribution is -2.10. The van der Waals surface area contributed by atoms with Gasteiger partial charge in [0.15, 0.2) is 0 Å². The smallest absolute Gasteiger partial charge is 0.132 e. The van der Waals surface area contributed by atoms with Gasteiger partial charge in [-0.2, -0.15) is 0 Å². The number of hydrogen-bond donors (Lipinski definition) is 0. The normalized spacial score (nSPS) is 17.5. The first-order chi connectivity index (χ1) is 8.84. The molecule has 1 atom stereocenters. The second-order valence-corrected chi connectivity index (χ2v) is 6.51. The summed E-state index contributed by atoms with van der Waals surface area (Å²) in [5.41, 5.74) is 1.44. The third-order valence-corrected chi connectivity index (χ3v) is 5.22. The molecular formula is C15H13IOS. The Morgan fingerprint density at radius 1 is 1.11 bits per heavy atom. The molecule has 1 nitrogen and oxygen atoms in total. The topological polar surface area (TPSA) is 9.23 Å². The van der Waals surface area contributed by atoms with E-state index in [0.717, 1.165) is 18.1 Å². The molecule has 18 heavy (non-hydrogen) atoms. The summed E-state index contributed by atoms with van der Waals surface area (Å²) < 4.78 is 7.13. The first kappa shape index (κ1) is 12.4. The number of rotatable bonds is 3. The molecule has 0 amide bonds. The van der Waals surface area contributed by atoms with E-state index in [9.17, 15) is 0 Å². The van der Waals surface area contributed by atoms with Crippen LogP contribution in [0.15, 0.2) is 53.4 Å². The zero-order valence-electron chi connectivity index (χ0n) is 9.80. The molecule has 0 N–H and O–H groups in total. The lowest BCUT2D eigenvalue weighted by Gasteiger charge is -2.13. The lowest BCUT2D eigenvalue weighted by molar-refractivity contribution is 0.296. The number of hydrogen-bond acceptors (Lipinski definition) is 2. The van der Waals surface area contributed by atoms with E-state index in [1.54, 1.807) is 0 Å². The standard InChI is InChI=1S/C15H13IOS/c16-13-6-2-3-7-14(13)17-9-11-10-18-15-8-4-1-5-12(11)15/h1-8,11H,9-10H2. The highest BCUT2D eigenvalue weighted by Gasteiger charge is 2.23. The maximum Gasteiger partial charge on any atom is 0.132 e. The molecule has 0 radical (unpaired) electrons. The number of thioether (sulfide) groups is 1. The van der Waals surface area contributed by atoms with Crippen LogP contribution in [0.25, 0.3) is 0 Å². The summed E-state index contributed by atoms with van der Waals surface area (Å²) in [7, 11) is 0. The summed E-state index contributed by atoms with van der Waals surface area (Å²) in [6, 6.07) is 16.8. The molecule has 0 spiro atoms. The van der Waals surface area contributed by atoms with Crippen molar-refractivity contribution in [3.63, 3.8) is 0 Å². The average molecular weight is 368 g/mol. The van der Waals surface area contributed by atoms with Crippen LogP contribution in [-0.2, 0) is 0 Å². The molecule has 1 aliphatic rings. The van der Waals surface area contributed by atoms with Crippen molar-refractivity contribution in [2.45, 2.75) is 10.8 Å². The van der Waals surface area contributed by atoms with Crippen LogP contribution in [0.5, 0.6) is 5.75 Å². The van der Waals surface area contributed by atoms with Crippen molar-refractivity contribution < 1.29 is 4.74 Å². The van der Waals surface area contributed by atoms with Gasteiger partial charge >= 0.3 is 0 Å². The highest BCUT2D eigenvalue weighted by atomic mass is 127. The molecule has 1 unspecified atom stereocenters. The second-order valence-electron chi connectivity index (χ2n) is 4.29. The third kappa shape index (κ3) is 2.52. The van der Waals surface area contributed by atoms with Gasteiger partial charge in [0, 0.05) is 16.6 Å². The fraction of sp³-hybridized carbons (Fsp3) is 0.200. The minimum absolute atomic E-state index is 0.516. The van der Waals surface area contributed by atoms with Crippen LogP contribution in [0, 0.1) is 3.57 Å². The zero-order valence-corrected chi connectivity index (χ0v) is 12.8. The van der Waals surface area contributed by atoms with Gasteiger partial charge in [-0.1, -0.05) is 30.3 Å². The van der Waals surface area contributed by atoms with Crippen LogP contribution in [0.4, 0.5) is 0 Å². The van der Waals surface area contributed by atoms with Crippen molar-refractivity contribution >= 4 is 34.4 Å². The second kappa shape index (κ2) is 5.53. The van der Waals surface area contributed by atoms with Crippen LogP contribution in [0.3, 0.4) is 0 Å². The van der Waals surface area contributed by atoms with Gasteiger partial charge in [-0.15, -0.1) is 11.8 Å². The van der Waals surface area contributed by atoms with Gasteiger partial charge < -0.3 is 4.74 Å². The number of para-hydroxylation sites is 1. The quantitative estimate of drug-likeness (QED) is 0.735. The van der Waals surface area contributed by atoms with E-state index in [4.69, 9.17) is 4.74 Å². The number of fused-ring (bicyclic) bond motifs is 1. The van der Waals surface area contributed by atoms with Crippen LogP contribution >= 0.6 is 34.4 Å². The minimum atomic E-state index is 0.516. The fourth-order valence-corrected chi connectivity index (χ4v) is 3.90. The Labute approximate surface area is 125 Å². The van der Waals surface area contributed by atoms with Gasteiger partial charge in [-0.05, 0) is 46.4 Å². The van der Waals surface area contributed by atoms with E-state index >= 15 is 0 Å². The highest BCUT2D eigenvalue weighted by Crippen LogP contribution is 2.39. The van der Waals surface area contributed by atoms with Crippen molar-refractivity contribution in [3.05, 3.63) is 57.7 Å². The molecule has 92 valence electrons. The molecule has 0 bridgehead atoms. The molecule has 2 aromatic carbocycles. The number of halogens is 1. The van der Waals surface area contributed by atoms with E-state index in [1.165, 1.54) is 14.0 Å². The van der Waals surface area contributed by atoms with Gasteiger partial charge in [-0.3, -0.25) is 0 Å². The molecule has 0 aliphatic carbocycles. The molecule has 1 aliphatic heterocycles. The molecule has 0 saturated carbocycles. The summed E-state index contributed by atoms with van der Waals surface area (Å²) in [5, 5.41) is 0. The third-order valence-electron chi connectivity index (χ3n) is 3.08. The average Bonchev–Trinajstić information content (AvgIpc) is 2.81. The molecule has 0 aromatic heterocycles. The summed E-state index contributed by atoms with van der Waals surface area (Å²) >= 11 is 4.25. The zero-order chi connectivity index (χ0) is 12.4. The largest absolute Gasteiger partial charge is 0.492 e. The summed E-state index contributed by atoms with van der Waals surface area (Å²) in [6.07, 6.45) is 0. The van der Waals surface area contributed by atoms with Crippen molar-refractivity contribution in [2.75, 3.05) is 12.4 Å². The Morgan fingerprint density at radius 3 is 2.78 bits per heavy atom. The molecule has 1 heterocycles. The van der Waals surface area contributed by atoms with E-state index in [2.05, 4.69) is 52.9 Å². The SMILES string of the molecule is Ic1ccccc1OCC1CSc2ccccc21. The Hall–Kier alpha value is -0.680. The Morgan fingerprint density at radius 2 is 1.89 bits per heavy atom. The van der Waals surface area contributed by atoms with Gasteiger partial charge in [0.25, 0.3) is 0 Å². The summed E-state index contributed by atoms with van der Waals surface area (Å²) in [6.45, 7) is 0.768. The predicted molar refractivity (Wildman–Crippen MR) is 84.6 cm³/mol. The number of ether oxygens (including phenoxy) is 1. The molecule has 3 heteroatoms. The molecule has 0 fully saturated rings. The maximum atomic E-state index is 5.96. The predicted octanol–water partition coefficient (Wildman–Crippen LogP) is 4.56. The fourth-order valence-electron chi connectivity index (χ4n) is 2.12. The minimum Gasteiger partial charge on any atom is -0.492 e. The van der Waals surface area contributed by atoms with Crippen LogP contribution in [0.2, 0.25) is 0 Å². The Bertz CT molecular complexity index is 556. The van der Waals surface area contributed by atoms with E-state index in [1.807, 2.05) is 30.0 Å². The lowest BCUT2D eigenvalue weighted by atomic mass is 10.0. The van der Waals surface area contributed by atoms with Crippen molar-refractivity contribution in [3.8, 4) is 5.75 Å². The van der Waals surface area contributed by atoms with Gasteiger partial charge in [-0.25, -0.2) is 0 Å². The molecular weight excluding hydrogens is 355 g/mol. The van der Waals surface area contributed by atoms with Crippen LogP contribution < -0.4 is 4.74 Å². The van der Waals surface area contributed by atoms with Crippen molar-refractivity contribution in [2.24, 2.45) is 0 Å². The highest BCUT2D eigenvalue weighted by molar-refractivity contribution is 14.1. The Kier molecular flexibility index (Phi) is 3.80. The molecule has 2 aromatic rings. The van der Waals surface area contributed by atoms with Crippen LogP contribution in [0.1, 0.15) is 11.5 Å². The van der Waals surface area contributed by atoms with Gasteiger partial charge in [0.05, 0.1) is 10.2 Å². The monoisotopic (exact) mass is 368 g/mol. The van der Waals surface area contributed by atoms with Crippen LogP contribution in [-0.4, -0.2) is 12.4 Å². The Balaban J connectivity index is 1.71. The van der Waals surface area contributed by atoms with Crippen molar-refractivity contribution in [1.82, 2.24) is 0 Å². The van der Waals surface area contributed by atoms with E-state index in [-0.39, 0.29) is 0 Å². The first-order valence-electron chi connectivity index (χ1n) is 5.93. The van der Waals surface area contributed by atoms with E-state index < -0.39 is 0 Å². The first-order valence-corrected chi connectivity index (χ1v) is 8.00. The summed E-state index contributed by atoms with van der Waals surface area (Å²) in [5.74, 6) is 2.64. The van der Waals surface area contributed by atoms with E-state index in [0.29, 0.717) is 5.92 Å². The number of benzene rings is 2. The molecule has 3 rings (SSSR count). The summed E-state index contributed by atoms with van der Waals surface area (Å²) in [4.78, 5) is 1.41. The maximum absolute atomic E-state index is 5.96. The van der Waals surface area contributed by atoms with Gasteiger partial charge in [0.1, 0.15) is 5.75 Å².